The van der Waals surface area contributed by atoms with Crippen LogP contribution in [0.2, 0.25) is 0 Å². The van der Waals surface area contributed by atoms with Crippen molar-refractivity contribution in [2.75, 3.05) is 26.3 Å². The van der Waals surface area contributed by atoms with Gasteiger partial charge in [-0.05, 0) is 38.8 Å². The molecule has 0 aromatic rings. The van der Waals surface area contributed by atoms with Gasteiger partial charge in [-0.15, -0.1) is 0 Å². The summed E-state index contributed by atoms with van der Waals surface area (Å²) in [7, 11) is 0. The highest BCUT2D eigenvalue weighted by atomic mass is 16.5. The van der Waals surface area contributed by atoms with Gasteiger partial charge in [0.05, 0.1) is 0 Å². The van der Waals surface area contributed by atoms with E-state index in [1.54, 1.807) is 0 Å². The maximum atomic E-state index is 4.94. The van der Waals surface area contributed by atoms with Crippen LogP contribution in [0.15, 0.2) is 0 Å². The first-order valence-corrected chi connectivity index (χ1v) is 8.20. The maximum Gasteiger partial charge on any atom is 0.0466 e. The van der Waals surface area contributed by atoms with Crippen molar-refractivity contribution >= 4 is 0 Å². The highest BCUT2D eigenvalue weighted by molar-refractivity contribution is 4.49. The van der Waals surface area contributed by atoms with Crippen molar-refractivity contribution in [2.45, 2.75) is 78.1 Å². The lowest BCUT2D eigenvalue weighted by atomic mass is 10.2. The fourth-order valence-corrected chi connectivity index (χ4v) is 1.99. The number of ether oxygens (including phenoxy) is 1. The van der Waals surface area contributed by atoms with Crippen LogP contribution in [0, 0.1) is 0 Å². The van der Waals surface area contributed by atoms with E-state index in [9.17, 15) is 0 Å². The van der Waals surface area contributed by atoms with Crippen molar-refractivity contribution in [1.29, 1.82) is 0 Å². The summed E-state index contributed by atoms with van der Waals surface area (Å²) in [4.78, 5) is 0. The van der Waals surface area contributed by atoms with Gasteiger partial charge in [0, 0.05) is 13.2 Å². The van der Waals surface area contributed by atoms with Gasteiger partial charge >= 0.3 is 0 Å². The zero-order valence-electron chi connectivity index (χ0n) is 12.8. The van der Waals surface area contributed by atoms with E-state index in [-0.39, 0.29) is 0 Å². The third-order valence-corrected chi connectivity index (χ3v) is 3.24. The van der Waals surface area contributed by atoms with Crippen molar-refractivity contribution in [3.63, 3.8) is 0 Å². The fraction of sp³-hybridized carbons (Fsp3) is 1.00. The smallest absolute Gasteiger partial charge is 0.0466 e. The Morgan fingerprint density at radius 3 is 1.56 bits per heavy atom. The van der Waals surface area contributed by atoms with E-state index in [4.69, 9.17) is 4.74 Å². The highest BCUT2D eigenvalue weighted by Gasteiger charge is 1.94. The quantitative estimate of drug-likeness (QED) is 0.580. The fourth-order valence-electron chi connectivity index (χ4n) is 1.99. The first-order chi connectivity index (χ1) is 8.91. The lowest BCUT2D eigenvalue weighted by Crippen LogP contribution is -2.16. The molecule has 1 aliphatic heterocycles. The van der Waals surface area contributed by atoms with Crippen LogP contribution in [0.4, 0.5) is 0 Å². The molecule has 0 atom stereocenters. The lowest BCUT2D eigenvalue weighted by Gasteiger charge is -2.03. The van der Waals surface area contributed by atoms with E-state index in [2.05, 4.69) is 19.2 Å². The molecule has 0 radical (unpaired) electrons. The topological polar surface area (TPSA) is 21.3 Å². The van der Waals surface area contributed by atoms with E-state index in [0.717, 1.165) is 13.2 Å². The predicted molar refractivity (Wildman–Crippen MR) is 81.2 cm³/mol. The molecule has 0 spiro atoms. The Morgan fingerprint density at radius 1 is 0.722 bits per heavy atom. The van der Waals surface area contributed by atoms with Crippen molar-refractivity contribution in [3.8, 4) is 0 Å². The number of hydrogen-bond acceptors (Lipinski definition) is 2. The van der Waals surface area contributed by atoms with Gasteiger partial charge in [-0.3, -0.25) is 0 Å². The molecule has 18 heavy (non-hydrogen) atoms. The van der Waals surface area contributed by atoms with E-state index in [1.165, 1.54) is 77.3 Å². The number of hydrogen-bond donors (Lipinski definition) is 1. The molecule has 1 saturated heterocycles. The molecule has 1 fully saturated rings. The van der Waals surface area contributed by atoms with Gasteiger partial charge in [-0.1, -0.05) is 52.4 Å². The molecule has 0 saturated carbocycles. The molecule has 0 bridgehead atoms. The number of rotatable bonds is 10. The van der Waals surface area contributed by atoms with E-state index < -0.39 is 0 Å². The predicted octanol–water partition coefficient (Wildman–Crippen LogP) is 4.53. The zero-order chi connectivity index (χ0) is 13.3. The van der Waals surface area contributed by atoms with Gasteiger partial charge in [0.15, 0.2) is 0 Å². The monoisotopic (exact) mass is 257 g/mol. The third kappa shape index (κ3) is 15.9. The molecule has 1 N–H and O–H groups in total. The molecule has 2 heteroatoms. The van der Waals surface area contributed by atoms with Crippen LogP contribution in [0.3, 0.4) is 0 Å². The average Bonchev–Trinajstić information content (AvgIpc) is 2.96. The summed E-state index contributed by atoms with van der Waals surface area (Å²) in [5.41, 5.74) is 0. The van der Waals surface area contributed by atoms with Crippen LogP contribution >= 0.6 is 0 Å². The minimum Gasteiger partial charge on any atom is -0.381 e. The van der Waals surface area contributed by atoms with Crippen LogP contribution in [-0.4, -0.2) is 26.3 Å². The number of nitrogens with one attached hydrogen (secondary N) is 1. The molecule has 0 aromatic carbocycles. The maximum absolute atomic E-state index is 4.94. The molecular weight excluding hydrogens is 222 g/mol. The Bertz CT molecular complexity index is 117. The van der Waals surface area contributed by atoms with Crippen molar-refractivity contribution in [1.82, 2.24) is 5.32 Å². The SMILES string of the molecule is C1CCOC1.CCCCCCNCCCCCC. The van der Waals surface area contributed by atoms with E-state index in [1.807, 2.05) is 0 Å². The Balaban J connectivity index is 0.000000473. The van der Waals surface area contributed by atoms with Crippen LogP contribution in [0.5, 0.6) is 0 Å². The van der Waals surface area contributed by atoms with Crippen molar-refractivity contribution in [2.24, 2.45) is 0 Å². The molecule has 110 valence electrons. The van der Waals surface area contributed by atoms with Gasteiger partial charge in [-0.25, -0.2) is 0 Å². The number of unbranched alkanes of at least 4 members (excludes halogenated alkanes) is 6. The summed E-state index contributed by atoms with van der Waals surface area (Å²) in [6.07, 6.45) is 13.6. The Hall–Kier alpha value is -0.0800. The standard InChI is InChI=1S/C12H27N.C4H8O/c1-3-5-7-9-11-13-12-10-8-6-4-2;1-2-4-5-3-1/h13H,3-12H2,1-2H3;1-4H2. The summed E-state index contributed by atoms with van der Waals surface area (Å²) in [6.45, 7) is 8.98. The van der Waals surface area contributed by atoms with Gasteiger partial charge in [0.1, 0.15) is 0 Å². The second-order valence-corrected chi connectivity index (χ2v) is 5.19. The van der Waals surface area contributed by atoms with Crippen molar-refractivity contribution in [3.05, 3.63) is 0 Å². The minimum absolute atomic E-state index is 1.00. The average molecular weight is 257 g/mol. The summed E-state index contributed by atoms with van der Waals surface area (Å²) in [5.74, 6) is 0. The first-order valence-electron chi connectivity index (χ1n) is 8.20. The molecule has 1 heterocycles. The van der Waals surface area contributed by atoms with E-state index in [0.29, 0.717) is 0 Å². The minimum atomic E-state index is 1.00. The van der Waals surface area contributed by atoms with Crippen LogP contribution in [0.25, 0.3) is 0 Å². The summed E-state index contributed by atoms with van der Waals surface area (Å²) < 4.78 is 4.94. The summed E-state index contributed by atoms with van der Waals surface area (Å²) in [6, 6.07) is 0. The van der Waals surface area contributed by atoms with Gasteiger partial charge in [0.25, 0.3) is 0 Å². The molecule has 0 amide bonds. The first kappa shape index (κ1) is 17.9. The second-order valence-electron chi connectivity index (χ2n) is 5.19. The molecule has 0 unspecified atom stereocenters. The Kier molecular flexibility index (Phi) is 16.8. The molecular formula is C16H35NO. The third-order valence-electron chi connectivity index (χ3n) is 3.24. The van der Waals surface area contributed by atoms with E-state index >= 15 is 0 Å². The highest BCUT2D eigenvalue weighted by Crippen LogP contribution is 1.99. The van der Waals surface area contributed by atoms with Gasteiger partial charge < -0.3 is 10.1 Å². The normalized spacial score (nSPS) is 14.3. The molecule has 1 aliphatic rings. The lowest BCUT2D eigenvalue weighted by molar-refractivity contribution is 0.198. The second kappa shape index (κ2) is 16.9. The van der Waals surface area contributed by atoms with Crippen LogP contribution in [0.1, 0.15) is 78.1 Å². The Morgan fingerprint density at radius 2 is 1.22 bits per heavy atom. The largest absolute Gasteiger partial charge is 0.381 e. The molecule has 0 aliphatic carbocycles. The Labute approximate surface area is 115 Å². The van der Waals surface area contributed by atoms with Crippen LogP contribution in [-0.2, 0) is 4.74 Å². The van der Waals surface area contributed by atoms with Gasteiger partial charge in [-0.2, -0.15) is 0 Å². The summed E-state index contributed by atoms with van der Waals surface area (Å²) in [5, 5.41) is 3.50. The van der Waals surface area contributed by atoms with Crippen LogP contribution < -0.4 is 5.32 Å². The zero-order valence-corrected chi connectivity index (χ0v) is 12.8. The molecule has 0 aromatic heterocycles. The summed E-state index contributed by atoms with van der Waals surface area (Å²) >= 11 is 0. The van der Waals surface area contributed by atoms with Gasteiger partial charge in [0.2, 0.25) is 0 Å². The molecule has 2 nitrogen and oxygen atoms in total. The molecule has 1 rings (SSSR count). The van der Waals surface area contributed by atoms with Crippen molar-refractivity contribution < 1.29 is 4.74 Å².